The molecule has 0 fully saturated rings. The molecule has 0 aliphatic heterocycles. The van der Waals surface area contributed by atoms with Gasteiger partial charge in [-0.15, -0.1) is 11.3 Å². The van der Waals surface area contributed by atoms with Gasteiger partial charge < -0.3 is 10.1 Å². The summed E-state index contributed by atoms with van der Waals surface area (Å²) in [7, 11) is 0. The number of hydrogen-bond acceptors (Lipinski definition) is 4. The van der Waals surface area contributed by atoms with Crippen molar-refractivity contribution >= 4 is 34.6 Å². The van der Waals surface area contributed by atoms with Crippen molar-refractivity contribution in [2.75, 3.05) is 0 Å². The van der Waals surface area contributed by atoms with Crippen LogP contribution in [-0.4, -0.2) is 17.8 Å². The molecule has 3 rings (SSSR count). The normalized spacial score (nSPS) is 11.6. The number of amides is 1. The highest BCUT2D eigenvalue weighted by atomic mass is 35.5. The molecule has 0 saturated carbocycles. The van der Waals surface area contributed by atoms with E-state index < -0.39 is 6.10 Å². The van der Waals surface area contributed by atoms with Crippen molar-refractivity contribution in [2.45, 2.75) is 19.6 Å². The first-order chi connectivity index (χ1) is 13.0. The Bertz CT molecular complexity index is 906. The molecule has 1 heterocycles. The van der Waals surface area contributed by atoms with Gasteiger partial charge in [-0.25, -0.2) is 0 Å². The SMILES string of the molecule is CC(Oc1ccc(C(=O)c2ccc(Cl)cc2)cc1)C(=O)NCc1cccs1. The van der Waals surface area contributed by atoms with Crippen LogP contribution < -0.4 is 10.1 Å². The van der Waals surface area contributed by atoms with E-state index >= 15 is 0 Å². The third-order valence-corrected chi connectivity index (χ3v) is 5.05. The lowest BCUT2D eigenvalue weighted by molar-refractivity contribution is -0.127. The van der Waals surface area contributed by atoms with Crippen LogP contribution in [0.4, 0.5) is 0 Å². The molecule has 2 aromatic carbocycles. The Morgan fingerprint density at radius 2 is 1.67 bits per heavy atom. The van der Waals surface area contributed by atoms with E-state index in [2.05, 4.69) is 5.32 Å². The van der Waals surface area contributed by atoms with Crippen LogP contribution in [0.3, 0.4) is 0 Å². The van der Waals surface area contributed by atoms with E-state index in [1.54, 1.807) is 66.8 Å². The van der Waals surface area contributed by atoms with Crippen molar-refractivity contribution in [3.63, 3.8) is 0 Å². The molecule has 138 valence electrons. The molecule has 1 N–H and O–H groups in total. The average Bonchev–Trinajstić information content (AvgIpc) is 3.20. The van der Waals surface area contributed by atoms with E-state index in [0.717, 1.165) is 4.88 Å². The summed E-state index contributed by atoms with van der Waals surface area (Å²) in [6, 6.07) is 17.4. The maximum atomic E-state index is 12.4. The molecule has 0 spiro atoms. The molecule has 1 aromatic heterocycles. The molecule has 0 radical (unpaired) electrons. The van der Waals surface area contributed by atoms with Crippen LogP contribution in [0.5, 0.6) is 5.75 Å². The van der Waals surface area contributed by atoms with Gasteiger partial charge in [0.2, 0.25) is 0 Å². The summed E-state index contributed by atoms with van der Waals surface area (Å²) < 4.78 is 5.66. The number of benzene rings is 2. The maximum Gasteiger partial charge on any atom is 0.261 e. The Labute approximate surface area is 166 Å². The Balaban J connectivity index is 1.57. The second-order valence-electron chi connectivity index (χ2n) is 5.92. The number of nitrogens with one attached hydrogen (secondary N) is 1. The van der Waals surface area contributed by atoms with Gasteiger partial charge in [0.25, 0.3) is 5.91 Å². The highest BCUT2D eigenvalue weighted by molar-refractivity contribution is 7.09. The van der Waals surface area contributed by atoms with Crippen molar-refractivity contribution in [1.29, 1.82) is 0 Å². The molecular weight excluding hydrogens is 382 g/mol. The molecular formula is C21H18ClNO3S. The van der Waals surface area contributed by atoms with E-state index in [4.69, 9.17) is 16.3 Å². The van der Waals surface area contributed by atoms with Crippen molar-refractivity contribution in [3.05, 3.63) is 87.1 Å². The van der Waals surface area contributed by atoms with Gasteiger partial charge >= 0.3 is 0 Å². The van der Waals surface area contributed by atoms with Crippen LogP contribution in [0.1, 0.15) is 27.7 Å². The molecule has 6 heteroatoms. The largest absolute Gasteiger partial charge is 0.481 e. The van der Waals surface area contributed by atoms with Crippen LogP contribution in [0, 0.1) is 0 Å². The van der Waals surface area contributed by atoms with E-state index in [-0.39, 0.29) is 11.7 Å². The zero-order valence-corrected chi connectivity index (χ0v) is 16.2. The number of thiophene rings is 1. The molecule has 0 bridgehead atoms. The Hall–Kier alpha value is -2.63. The van der Waals surface area contributed by atoms with Gasteiger partial charge in [0, 0.05) is 21.0 Å². The predicted octanol–water partition coefficient (Wildman–Crippen LogP) is 4.72. The first-order valence-electron chi connectivity index (χ1n) is 8.40. The first-order valence-corrected chi connectivity index (χ1v) is 9.66. The van der Waals surface area contributed by atoms with Crippen LogP contribution in [0.2, 0.25) is 5.02 Å². The minimum absolute atomic E-state index is 0.0973. The number of halogens is 1. The van der Waals surface area contributed by atoms with Crippen LogP contribution in [-0.2, 0) is 11.3 Å². The number of hydrogen-bond donors (Lipinski definition) is 1. The number of rotatable bonds is 7. The average molecular weight is 400 g/mol. The van der Waals surface area contributed by atoms with Crippen molar-refractivity contribution in [2.24, 2.45) is 0 Å². The van der Waals surface area contributed by atoms with E-state index in [9.17, 15) is 9.59 Å². The second-order valence-corrected chi connectivity index (χ2v) is 7.39. The lowest BCUT2D eigenvalue weighted by atomic mass is 10.0. The van der Waals surface area contributed by atoms with E-state index in [1.807, 2.05) is 17.5 Å². The van der Waals surface area contributed by atoms with Crippen LogP contribution >= 0.6 is 22.9 Å². The smallest absolute Gasteiger partial charge is 0.261 e. The Morgan fingerprint density at radius 3 is 2.26 bits per heavy atom. The summed E-state index contributed by atoms with van der Waals surface area (Å²) in [5.41, 5.74) is 1.11. The molecule has 1 amide bonds. The molecule has 0 aliphatic carbocycles. The zero-order chi connectivity index (χ0) is 19.2. The fraction of sp³-hybridized carbons (Fsp3) is 0.143. The van der Waals surface area contributed by atoms with Gasteiger partial charge in [-0.1, -0.05) is 17.7 Å². The number of ether oxygens (including phenoxy) is 1. The second kappa shape index (κ2) is 8.84. The molecule has 0 saturated heterocycles. The fourth-order valence-corrected chi connectivity index (χ4v) is 3.21. The highest BCUT2D eigenvalue weighted by Crippen LogP contribution is 2.18. The summed E-state index contributed by atoms with van der Waals surface area (Å²) in [4.78, 5) is 25.7. The first kappa shape index (κ1) is 19.1. The minimum atomic E-state index is -0.636. The lowest BCUT2D eigenvalue weighted by Gasteiger charge is -2.14. The molecule has 3 aromatic rings. The zero-order valence-electron chi connectivity index (χ0n) is 14.6. The van der Waals surface area contributed by atoms with Gasteiger partial charge in [0.15, 0.2) is 11.9 Å². The molecule has 4 nitrogen and oxygen atoms in total. The van der Waals surface area contributed by atoms with Crippen molar-refractivity contribution < 1.29 is 14.3 Å². The van der Waals surface area contributed by atoms with Crippen LogP contribution in [0.15, 0.2) is 66.0 Å². The standard InChI is InChI=1S/C21H18ClNO3S/c1-14(21(25)23-13-19-3-2-12-27-19)26-18-10-6-16(7-11-18)20(24)15-4-8-17(22)9-5-15/h2-12,14H,13H2,1H3,(H,23,25). The van der Waals surface area contributed by atoms with Gasteiger partial charge in [-0.2, -0.15) is 0 Å². The summed E-state index contributed by atoms with van der Waals surface area (Å²) in [5, 5.41) is 5.39. The molecule has 1 unspecified atom stereocenters. The van der Waals surface area contributed by atoms with E-state index in [0.29, 0.717) is 28.4 Å². The quantitative estimate of drug-likeness (QED) is 0.585. The predicted molar refractivity (Wildman–Crippen MR) is 108 cm³/mol. The number of ketones is 1. The third-order valence-electron chi connectivity index (χ3n) is 3.92. The van der Waals surface area contributed by atoms with Crippen LogP contribution in [0.25, 0.3) is 0 Å². The van der Waals surface area contributed by atoms with Crippen molar-refractivity contribution in [3.8, 4) is 5.75 Å². The van der Waals surface area contributed by atoms with Gasteiger partial charge in [-0.3, -0.25) is 9.59 Å². The Kier molecular flexibility index (Phi) is 6.27. The summed E-state index contributed by atoms with van der Waals surface area (Å²) in [5.74, 6) is 0.242. The van der Waals surface area contributed by atoms with Gasteiger partial charge in [-0.05, 0) is 66.9 Å². The van der Waals surface area contributed by atoms with Crippen molar-refractivity contribution in [1.82, 2.24) is 5.32 Å². The van der Waals surface area contributed by atoms with E-state index in [1.165, 1.54) is 0 Å². The summed E-state index contributed by atoms with van der Waals surface area (Å²) in [6.45, 7) is 2.18. The topological polar surface area (TPSA) is 55.4 Å². The summed E-state index contributed by atoms with van der Waals surface area (Å²) >= 11 is 7.44. The highest BCUT2D eigenvalue weighted by Gasteiger charge is 2.15. The third kappa shape index (κ3) is 5.18. The fourth-order valence-electron chi connectivity index (χ4n) is 2.44. The minimum Gasteiger partial charge on any atom is -0.481 e. The van der Waals surface area contributed by atoms with Gasteiger partial charge in [0.1, 0.15) is 5.75 Å². The molecule has 27 heavy (non-hydrogen) atoms. The maximum absolute atomic E-state index is 12.4. The molecule has 1 atom stereocenters. The summed E-state index contributed by atoms with van der Waals surface area (Å²) in [6.07, 6.45) is -0.636. The van der Waals surface area contributed by atoms with Gasteiger partial charge in [0.05, 0.1) is 6.54 Å². The molecule has 0 aliphatic rings. The Morgan fingerprint density at radius 1 is 1.04 bits per heavy atom. The lowest BCUT2D eigenvalue weighted by Crippen LogP contribution is -2.35. The number of carbonyl (C=O) groups is 2. The number of carbonyl (C=O) groups excluding carboxylic acids is 2. The monoisotopic (exact) mass is 399 g/mol.